The molecule has 1 aromatic carbocycles. The van der Waals surface area contributed by atoms with Gasteiger partial charge < -0.3 is 14.9 Å². The number of nitrogens with zero attached hydrogens (tertiary/aromatic N) is 4. The molecule has 2 unspecified atom stereocenters. The molecule has 2 aromatic heterocycles. The van der Waals surface area contributed by atoms with Crippen molar-refractivity contribution in [2.75, 3.05) is 6.54 Å². The third kappa shape index (κ3) is 5.06. The summed E-state index contributed by atoms with van der Waals surface area (Å²) >= 11 is 0. The van der Waals surface area contributed by atoms with Gasteiger partial charge in [-0.15, -0.1) is 0 Å². The molecule has 174 valence electrons. The number of rotatable bonds is 3. The minimum Gasteiger partial charge on any atom is -0.475 e. The molecule has 12 heteroatoms. The lowest BCUT2D eigenvalue weighted by molar-refractivity contribution is -0.192. The molecule has 0 amide bonds. The number of hydrogen-bond acceptors (Lipinski definition) is 6. The van der Waals surface area contributed by atoms with Crippen LogP contribution in [-0.4, -0.2) is 49.8 Å². The fourth-order valence-electron chi connectivity index (χ4n) is 3.56. The molecule has 1 aliphatic rings. The smallest absolute Gasteiger partial charge is 0.475 e. The van der Waals surface area contributed by atoms with Crippen LogP contribution >= 0.6 is 0 Å². The highest BCUT2D eigenvalue weighted by Gasteiger charge is 2.38. The van der Waals surface area contributed by atoms with Crippen molar-refractivity contribution < 1.29 is 32.0 Å². The van der Waals surface area contributed by atoms with Crippen LogP contribution in [0.4, 0.5) is 17.6 Å². The molecule has 0 radical (unpaired) electrons. The fourth-order valence-corrected chi connectivity index (χ4v) is 3.56. The highest BCUT2D eigenvalue weighted by Crippen LogP contribution is 2.30. The molecule has 1 fully saturated rings. The minimum atomic E-state index is -5.08. The van der Waals surface area contributed by atoms with Crippen LogP contribution < -0.4 is 5.32 Å². The van der Waals surface area contributed by atoms with Crippen molar-refractivity contribution in [2.45, 2.75) is 57.7 Å². The van der Waals surface area contributed by atoms with Crippen LogP contribution in [0.3, 0.4) is 0 Å². The Kier molecular flexibility index (Phi) is 6.82. The zero-order chi connectivity index (χ0) is 23.6. The van der Waals surface area contributed by atoms with Gasteiger partial charge in [-0.3, -0.25) is 0 Å². The van der Waals surface area contributed by atoms with Gasteiger partial charge in [0.2, 0.25) is 5.89 Å². The van der Waals surface area contributed by atoms with Crippen LogP contribution in [0.15, 0.2) is 22.7 Å². The molecular formula is C20H23F4N5O3. The van der Waals surface area contributed by atoms with Crippen LogP contribution in [0.1, 0.15) is 57.0 Å². The van der Waals surface area contributed by atoms with Gasteiger partial charge in [-0.1, -0.05) is 26.0 Å². The molecular weight excluding hydrogens is 434 g/mol. The van der Waals surface area contributed by atoms with Crippen LogP contribution in [0.2, 0.25) is 0 Å². The molecule has 0 bridgehead atoms. The number of nitrogens with one attached hydrogen (secondary N) is 1. The van der Waals surface area contributed by atoms with Gasteiger partial charge in [0.15, 0.2) is 0 Å². The summed E-state index contributed by atoms with van der Waals surface area (Å²) in [6.45, 7) is 7.15. The summed E-state index contributed by atoms with van der Waals surface area (Å²) in [4.78, 5) is 13.4. The number of carbonyl (C=O) groups is 1. The van der Waals surface area contributed by atoms with E-state index in [2.05, 4.69) is 27.5 Å². The molecule has 0 saturated carbocycles. The number of benzene rings is 1. The Labute approximate surface area is 180 Å². The van der Waals surface area contributed by atoms with E-state index in [1.165, 1.54) is 10.7 Å². The van der Waals surface area contributed by atoms with Crippen molar-refractivity contribution in [1.29, 1.82) is 0 Å². The summed E-state index contributed by atoms with van der Waals surface area (Å²) in [5.41, 5.74) is 1.23. The highest BCUT2D eigenvalue weighted by atomic mass is 19.4. The second-order valence-electron chi connectivity index (χ2n) is 7.90. The lowest BCUT2D eigenvalue weighted by Crippen LogP contribution is -2.34. The fraction of sp³-hybridized carbons (Fsp3) is 0.500. The molecule has 0 aliphatic carbocycles. The van der Waals surface area contributed by atoms with E-state index in [1.807, 2.05) is 19.9 Å². The Hall–Kier alpha value is -3.02. The number of aliphatic carboxylic acids is 1. The Morgan fingerprint density at radius 2 is 2.03 bits per heavy atom. The summed E-state index contributed by atoms with van der Waals surface area (Å²) in [5.74, 6) is -1.79. The summed E-state index contributed by atoms with van der Waals surface area (Å²) in [7, 11) is 0. The normalized spacial score (nSPS) is 19.1. The average Bonchev–Trinajstić information content (AvgIpc) is 3.33. The van der Waals surface area contributed by atoms with Gasteiger partial charge in [-0.25, -0.2) is 9.18 Å². The van der Waals surface area contributed by atoms with Crippen LogP contribution in [0.25, 0.3) is 16.9 Å². The molecule has 2 atom stereocenters. The van der Waals surface area contributed by atoms with Crippen molar-refractivity contribution >= 4 is 16.9 Å². The van der Waals surface area contributed by atoms with Crippen LogP contribution in [0, 0.1) is 5.82 Å². The molecule has 4 rings (SSSR count). The topological polar surface area (TPSA) is 106 Å². The molecule has 1 saturated heterocycles. The largest absolute Gasteiger partial charge is 0.490 e. The standard InChI is InChI=1S/C18H22FN5O.C2HF3O2/c1-10(2)15-13-5-4-6-14(19)16(13)24(22-15)18-21-17(25-23-18)12-7-8-20-11(3)9-12;3-2(4,5)1(6)7/h4-6,10-12,20H,7-9H2,1-3H3;(H,6,7). The first-order valence-corrected chi connectivity index (χ1v) is 10.0. The molecule has 32 heavy (non-hydrogen) atoms. The van der Waals surface area contributed by atoms with Crippen LogP contribution in [-0.2, 0) is 4.79 Å². The van der Waals surface area contributed by atoms with Gasteiger partial charge >= 0.3 is 12.1 Å². The molecule has 8 nitrogen and oxygen atoms in total. The maximum Gasteiger partial charge on any atom is 0.490 e. The van der Waals surface area contributed by atoms with E-state index < -0.39 is 12.1 Å². The third-order valence-electron chi connectivity index (χ3n) is 5.07. The van der Waals surface area contributed by atoms with E-state index in [0.717, 1.165) is 30.5 Å². The summed E-state index contributed by atoms with van der Waals surface area (Å²) in [5, 5.41) is 20.0. The molecule has 2 N–H and O–H groups in total. The number of piperidine rings is 1. The quantitative estimate of drug-likeness (QED) is 0.569. The number of aromatic nitrogens is 4. The van der Waals surface area contributed by atoms with Crippen molar-refractivity contribution in [3.8, 4) is 5.95 Å². The number of carboxylic acids is 1. The number of para-hydroxylation sites is 1. The molecule has 3 aromatic rings. The predicted octanol–water partition coefficient (Wildman–Crippen LogP) is 4.16. The van der Waals surface area contributed by atoms with Gasteiger partial charge in [-0.2, -0.15) is 27.9 Å². The van der Waals surface area contributed by atoms with Crippen LogP contribution in [0.5, 0.6) is 0 Å². The van der Waals surface area contributed by atoms with Crippen molar-refractivity contribution in [3.63, 3.8) is 0 Å². The van der Waals surface area contributed by atoms with Gasteiger partial charge in [0.05, 0.1) is 5.69 Å². The van der Waals surface area contributed by atoms with Gasteiger partial charge in [0.1, 0.15) is 11.3 Å². The number of alkyl halides is 3. The second-order valence-corrected chi connectivity index (χ2v) is 7.90. The van der Waals surface area contributed by atoms with E-state index in [-0.39, 0.29) is 17.7 Å². The lowest BCUT2D eigenvalue weighted by Gasteiger charge is -2.25. The maximum absolute atomic E-state index is 14.5. The number of carboxylic acid groups (broad SMARTS) is 1. The van der Waals surface area contributed by atoms with Crippen molar-refractivity contribution in [3.05, 3.63) is 35.6 Å². The number of halogens is 4. The maximum atomic E-state index is 14.5. The van der Waals surface area contributed by atoms with E-state index in [4.69, 9.17) is 14.4 Å². The lowest BCUT2D eigenvalue weighted by atomic mass is 9.93. The highest BCUT2D eigenvalue weighted by molar-refractivity contribution is 5.84. The third-order valence-corrected chi connectivity index (χ3v) is 5.07. The molecule has 1 aliphatic heterocycles. The number of fused-ring (bicyclic) bond motifs is 1. The van der Waals surface area contributed by atoms with Crippen molar-refractivity contribution in [1.82, 2.24) is 25.2 Å². The van der Waals surface area contributed by atoms with E-state index >= 15 is 0 Å². The first-order valence-electron chi connectivity index (χ1n) is 10.0. The predicted molar refractivity (Wildman–Crippen MR) is 106 cm³/mol. The summed E-state index contributed by atoms with van der Waals surface area (Å²) in [6, 6.07) is 5.44. The minimum absolute atomic E-state index is 0.169. The van der Waals surface area contributed by atoms with E-state index in [1.54, 1.807) is 6.07 Å². The summed E-state index contributed by atoms with van der Waals surface area (Å²) < 4.78 is 53.2. The Morgan fingerprint density at radius 1 is 1.34 bits per heavy atom. The second kappa shape index (κ2) is 9.23. The Balaban J connectivity index is 0.000000360. The van der Waals surface area contributed by atoms with E-state index in [0.29, 0.717) is 23.4 Å². The first-order chi connectivity index (χ1) is 15.0. The first kappa shape index (κ1) is 23.6. The average molecular weight is 457 g/mol. The number of hydrogen-bond donors (Lipinski definition) is 2. The van der Waals surface area contributed by atoms with E-state index in [9.17, 15) is 17.6 Å². The van der Waals surface area contributed by atoms with Crippen molar-refractivity contribution in [2.24, 2.45) is 0 Å². The molecule has 0 spiro atoms. The Bertz CT molecular complexity index is 1090. The van der Waals surface area contributed by atoms with Gasteiger partial charge in [-0.05, 0) is 43.5 Å². The Morgan fingerprint density at radius 3 is 2.62 bits per heavy atom. The van der Waals surface area contributed by atoms with Gasteiger partial charge in [0.25, 0.3) is 5.95 Å². The van der Waals surface area contributed by atoms with Gasteiger partial charge in [0, 0.05) is 17.3 Å². The summed E-state index contributed by atoms with van der Waals surface area (Å²) in [6.07, 6.45) is -3.18. The SMILES string of the molecule is CC1CC(c2nc(-n3nc(C(C)C)c4cccc(F)c43)no2)CCN1.O=C(O)C(F)(F)F. The monoisotopic (exact) mass is 457 g/mol. The molecule has 3 heterocycles. The zero-order valence-electron chi connectivity index (χ0n) is 17.6. The zero-order valence-corrected chi connectivity index (χ0v) is 17.6.